The molecule has 1 amide bonds. The zero-order chi connectivity index (χ0) is 11.8. The van der Waals surface area contributed by atoms with Crippen LogP contribution in [0.3, 0.4) is 0 Å². The van der Waals surface area contributed by atoms with Crippen LogP contribution in [0.1, 0.15) is 32.6 Å². The molecule has 0 bridgehead atoms. The molecule has 4 heteroatoms. The highest BCUT2D eigenvalue weighted by Gasteiger charge is 2.22. The summed E-state index contributed by atoms with van der Waals surface area (Å²) in [5.74, 6) is 0.210. The van der Waals surface area contributed by atoms with Gasteiger partial charge in [-0.1, -0.05) is 12.8 Å². The maximum Gasteiger partial charge on any atom is 0.239 e. The number of carbonyl (C=O) groups excluding carboxylic acids is 1. The lowest BCUT2D eigenvalue weighted by molar-refractivity contribution is -0.132. The number of hydrogen-bond acceptors (Lipinski definition) is 3. The van der Waals surface area contributed by atoms with Crippen LogP contribution in [-0.4, -0.2) is 50.2 Å². The summed E-state index contributed by atoms with van der Waals surface area (Å²) in [6, 6.07) is 0.0223. The molecule has 0 aromatic rings. The van der Waals surface area contributed by atoms with E-state index in [4.69, 9.17) is 4.74 Å². The number of likely N-dealkylation sites (N-methyl/N-ethyl adjacent to an activating group) is 1. The SMILES string of the molecule is CCOCCN(C)C(=O)C1CCCCCN1. The van der Waals surface area contributed by atoms with Crippen LogP contribution in [0.4, 0.5) is 0 Å². The van der Waals surface area contributed by atoms with E-state index in [9.17, 15) is 4.79 Å². The van der Waals surface area contributed by atoms with Gasteiger partial charge in [-0.15, -0.1) is 0 Å². The highest BCUT2D eigenvalue weighted by Crippen LogP contribution is 2.10. The Morgan fingerprint density at radius 3 is 3.00 bits per heavy atom. The molecule has 4 nitrogen and oxygen atoms in total. The first-order valence-corrected chi connectivity index (χ1v) is 6.31. The first-order valence-electron chi connectivity index (χ1n) is 6.31. The van der Waals surface area contributed by atoms with Crippen molar-refractivity contribution in [3.05, 3.63) is 0 Å². The molecule has 1 aliphatic heterocycles. The van der Waals surface area contributed by atoms with Crippen molar-refractivity contribution < 1.29 is 9.53 Å². The lowest BCUT2D eigenvalue weighted by atomic mass is 10.1. The number of amides is 1. The van der Waals surface area contributed by atoms with E-state index < -0.39 is 0 Å². The van der Waals surface area contributed by atoms with Crippen molar-refractivity contribution >= 4 is 5.91 Å². The molecule has 16 heavy (non-hydrogen) atoms. The molecule has 1 N–H and O–H groups in total. The minimum absolute atomic E-state index is 0.0223. The maximum absolute atomic E-state index is 12.1. The summed E-state index contributed by atoms with van der Waals surface area (Å²) in [5.41, 5.74) is 0. The number of nitrogens with one attached hydrogen (secondary N) is 1. The molecule has 1 unspecified atom stereocenters. The molecule has 0 saturated carbocycles. The van der Waals surface area contributed by atoms with Gasteiger partial charge in [0.05, 0.1) is 12.6 Å². The van der Waals surface area contributed by atoms with Crippen molar-refractivity contribution in [3.63, 3.8) is 0 Å². The van der Waals surface area contributed by atoms with Gasteiger partial charge < -0.3 is 15.0 Å². The number of hydrogen-bond donors (Lipinski definition) is 1. The fourth-order valence-electron chi connectivity index (χ4n) is 1.96. The molecular weight excluding hydrogens is 204 g/mol. The monoisotopic (exact) mass is 228 g/mol. The summed E-state index contributed by atoms with van der Waals surface area (Å²) in [4.78, 5) is 13.8. The van der Waals surface area contributed by atoms with E-state index in [-0.39, 0.29) is 11.9 Å². The van der Waals surface area contributed by atoms with Gasteiger partial charge in [-0.05, 0) is 26.3 Å². The molecule has 1 atom stereocenters. The predicted molar refractivity (Wildman–Crippen MR) is 64.4 cm³/mol. The van der Waals surface area contributed by atoms with Crippen LogP contribution in [0, 0.1) is 0 Å². The van der Waals surface area contributed by atoms with E-state index in [0.29, 0.717) is 19.8 Å². The first-order chi connectivity index (χ1) is 7.75. The third-order valence-corrected chi connectivity index (χ3v) is 3.01. The molecule has 1 aliphatic rings. The summed E-state index contributed by atoms with van der Waals surface area (Å²) in [5, 5.41) is 3.32. The molecule has 1 heterocycles. The van der Waals surface area contributed by atoms with Crippen molar-refractivity contribution in [2.24, 2.45) is 0 Å². The van der Waals surface area contributed by atoms with E-state index in [0.717, 1.165) is 19.4 Å². The van der Waals surface area contributed by atoms with Gasteiger partial charge in [-0.25, -0.2) is 0 Å². The largest absolute Gasteiger partial charge is 0.380 e. The molecule has 1 saturated heterocycles. The smallest absolute Gasteiger partial charge is 0.239 e. The molecule has 1 fully saturated rings. The molecule has 0 aliphatic carbocycles. The molecule has 94 valence electrons. The number of rotatable bonds is 5. The highest BCUT2D eigenvalue weighted by molar-refractivity contribution is 5.81. The molecule has 1 rings (SSSR count). The second-order valence-electron chi connectivity index (χ2n) is 4.31. The summed E-state index contributed by atoms with van der Waals surface area (Å²) in [6.45, 7) is 4.96. The van der Waals surface area contributed by atoms with Gasteiger partial charge in [0, 0.05) is 20.2 Å². The second kappa shape index (κ2) is 7.63. The fraction of sp³-hybridized carbons (Fsp3) is 0.917. The summed E-state index contributed by atoms with van der Waals surface area (Å²) in [7, 11) is 1.86. The van der Waals surface area contributed by atoms with E-state index in [1.54, 1.807) is 4.90 Å². The topological polar surface area (TPSA) is 41.6 Å². The Balaban J connectivity index is 2.30. The van der Waals surface area contributed by atoms with Crippen molar-refractivity contribution in [1.82, 2.24) is 10.2 Å². The lowest BCUT2D eigenvalue weighted by Crippen LogP contribution is -2.45. The van der Waals surface area contributed by atoms with E-state index in [1.807, 2.05) is 14.0 Å². The summed E-state index contributed by atoms with van der Waals surface area (Å²) in [6.07, 6.45) is 4.55. The van der Waals surface area contributed by atoms with Crippen molar-refractivity contribution in [2.45, 2.75) is 38.6 Å². The highest BCUT2D eigenvalue weighted by atomic mass is 16.5. The Kier molecular flexibility index (Phi) is 6.42. The second-order valence-corrected chi connectivity index (χ2v) is 4.31. The third-order valence-electron chi connectivity index (χ3n) is 3.01. The standard InChI is InChI=1S/C12H24N2O2/c1-3-16-10-9-14(2)12(15)11-7-5-4-6-8-13-11/h11,13H,3-10H2,1-2H3. The van der Waals surface area contributed by atoms with E-state index in [2.05, 4.69) is 5.32 Å². The van der Waals surface area contributed by atoms with Crippen LogP contribution in [0.15, 0.2) is 0 Å². The van der Waals surface area contributed by atoms with Gasteiger partial charge >= 0.3 is 0 Å². The number of nitrogens with zero attached hydrogens (tertiary/aromatic N) is 1. The summed E-state index contributed by atoms with van der Waals surface area (Å²) < 4.78 is 5.25. The average molecular weight is 228 g/mol. The van der Waals surface area contributed by atoms with Crippen molar-refractivity contribution in [3.8, 4) is 0 Å². The maximum atomic E-state index is 12.1. The van der Waals surface area contributed by atoms with Crippen LogP contribution in [-0.2, 0) is 9.53 Å². The van der Waals surface area contributed by atoms with Gasteiger partial charge in [0.15, 0.2) is 0 Å². The van der Waals surface area contributed by atoms with Gasteiger partial charge in [0.2, 0.25) is 5.91 Å². The lowest BCUT2D eigenvalue weighted by Gasteiger charge is -2.23. The molecule has 0 spiro atoms. The number of ether oxygens (including phenoxy) is 1. The Hall–Kier alpha value is -0.610. The van der Waals surface area contributed by atoms with Gasteiger partial charge in [-0.3, -0.25) is 4.79 Å². The van der Waals surface area contributed by atoms with Crippen LogP contribution in [0.2, 0.25) is 0 Å². The van der Waals surface area contributed by atoms with Gasteiger partial charge in [-0.2, -0.15) is 0 Å². The third kappa shape index (κ3) is 4.49. The number of carbonyl (C=O) groups is 1. The fourth-order valence-corrected chi connectivity index (χ4v) is 1.96. The minimum atomic E-state index is 0.0223. The molecule has 0 aromatic heterocycles. The summed E-state index contributed by atoms with van der Waals surface area (Å²) >= 11 is 0. The van der Waals surface area contributed by atoms with Crippen LogP contribution in [0.5, 0.6) is 0 Å². The Morgan fingerprint density at radius 2 is 2.25 bits per heavy atom. The van der Waals surface area contributed by atoms with Gasteiger partial charge in [0.1, 0.15) is 0 Å². The molecule has 0 radical (unpaired) electrons. The average Bonchev–Trinajstić information content (AvgIpc) is 2.56. The van der Waals surface area contributed by atoms with Crippen molar-refractivity contribution in [2.75, 3.05) is 33.4 Å². The van der Waals surface area contributed by atoms with Crippen molar-refractivity contribution in [1.29, 1.82) is 0 Å². The zero-order valence-corrected chi connectivity index (χ0v) is 10.5. The van der Waals surface area contributed by atoms with Crippen LogP contribution < -0.4 is 5.32 Å². The Morgan fingerprint density at radius 1 is 1.44 bits per heavy atom. The van der Waals surface area contributed by atoms with Gasteiger partial charge in [0.25, 0.3) is 0 Å². The zero-order valence-electron chi connectivity index (χ0n) is 10.5. The Bertz CT molecular complexity index is 201. The van der Waals surface area contributed by atoms with E-state index >= 15 is 0 Å². The van der Waals surface area contributed by atoms with Crippen LogP contribution >= 0.6 is 0 Å². The Labute approximate surface area is 98.3 Å². The quantitative estimate of drug-likeness (QED) is 0.714. The predicted octanol–water partition coefficient (Wildman–Crippen LogP) is 1.01. The molecule has 0 aromatic carbocycles. The van der Waals surface area contributed by atoms with Crippen LogP contribution in [0.25, 0.3) is 0 Å². The normalized spacial score (nSPS) is 21.5. The first kappa shape index (κ1) is 13.5. The molecular formula is C12H24N2O2. The minimum Gasteiger partial charge on any atom is -0.380 e. The van der Waals surface area contributed by atoms with E-state index in [1.165, 1.54) is 12.8 Å².